The van der Waals surface area contributed by atoms with E-state index in [1.165, 1.54) is 46.1 Å². The van der Waals surface area contributed by atoms with Gasteiger partial charge in [-0.25, -0.2) is 18.2 Å². The van der Waals surface area contributed by atoms with E-state index < -0.39 is 16.0 Å². The van der Waals surface area contributed by atoms with Gasteiger partial charge in [0.15, 0.2) is 0 Å². The molecule has 0 saturated carbocycles. The lowest BCUT2D eigenvalue weighted by atomic mass is 10.2. The van der Waals surface area contributed by atoms with Gasteiger partial charge in [-0.2, -0.15) is 4.31 Å². The van der Waals surface area contributed by atoms with Gasteiger partial charge in [0.25, 0.3) is 5.91 Å². The highest BCUT2D eigenvalue weighted by Crippen LogP contribution is 2.20. The molecule has 0 spiro atoms. The fourth-order valence-corrected chi connectivity index (χ4v) is 4.83. The molecule has 26 heavy (non-hydrogen) atoms. The average molecular weight is 395 g/mol. The fourth-order valence-electron chi connectivity index (χ4n) is 2.67. The van der Waals surface area contributed by atoms with Crippen molar-refractivity contribution in [3.05, 3.63) is 45.9 Å². The number of carboxylic acids is 1. The number of rotatable bonds is 4. The van der Waals surface area contributed by atoms with Crippen LogP contribution >= 0.6 is 11.3 Å². The molecule has 3 rings (SSSR count). The van der Waals surface area contributed by atoms with Gasteiger partial charge < -0.3 is 10.0 Å². The molecule has 1 amide bonds. The number of aromatic nitrogens is 1. The van der Waals surface area contributed by atoms with Gasteiger partial charge in [-0.1, -0.05) is 0 Å². The Hall–Kier alpha value is -2.30. The number of carbonyl (C=O) groups excluding carboxylic acids is 1. The minimum atomic E-state index is -3.72. The molecule has 1 aromatic carbocycles. The number of hydrogen-bond donors (Lipinski definition) is 1. The maximum atomic E-state index is 12.7. The zero-order valence-corrected chi connectivity index (χ0v) is 15.6. The molecule has 2 heterocycles. The van der Waals surface area contributed by atoms with E-state index in [0.29, 0.717) is 18.0 Å². The number of hydrogen-bond acceptors (Lipinski definition) is 6. The van der Waals surface area contributed by atoms with Gasteiger partial charge in [-0.15, -0.1) is 11.3 Å². The molecule has 2 aromatic rings. The van der Waals surface area contributed by atoms with Crippen molar-refractivity contribution >= 4 is 33.2 Å². The zero-order valence-electron chi connectivity index (χ0n) is 14.0. The first-order valence-electron chi connectivity index (χ1n) is 7.84. The maximum Gasteiger partial charge on any atom is 0.335 e. The number of benzene rings is 1. The summed E-state index contributed by atoms with van der Waals surface area (Å²) in [5, 5.41) is 9.71. The van der Waals surface area contributed by atoms with Crippen molar-refractivity contribution in [2.45, 2.75) is 11.8 Å². The minimum Gasteiger partial charge on any atom is -0.478 e. The van der Waals surface area contributed by atoms with Gasteiger partial charge in [0.2, 0.25) is 10.0 Å². The van der Waals surface area contributed by atoms with Gasteiger partial charge in [0.1, 0.15) is 4.88 Å². The van der Waals surface area contributed by atoms with Crippen molar-refractivity contribution in [1.82, 2.24) is 14.2 Å². The number of aromatic carboxylic acids is 1. The zero-order chi connectivity index (χ0) is 18.9. The number of thiazole rings is 1. The van der Waals surface area contributed by atoms with Crippen LogP contribution in [0.2, 0.25) is 0 Å². The van der Waals surface area contributed by atoms with E-state index >= 15 is 0 Å². The summed E-state index contributed by atoms with van der Waals surface area (Å²) in [6, 6.07) is 5.11. The van der Waals surface area contributed by atoms with E-state index in [1.807, 2.05) is 6.92 Å². The lowest BCUT2D eigenvalue weighted by molar-refractivity contribution is 0.0691. The van der Waals surface area contributed by atoms with Gasteiger partial charge in [0, 0.05) is 26.2 Å². The van der Waals surface area contributed by atoms with Crippen LogP contribution in [0, 0.1) is 6.92 Å². The van der Waals surface area contributed by atoms with Crippen LogP contribution in [0.4, 0.5) is 0 Å². The predicted octanol–water partition coefficient (Wildman–Crippen LogP) is 1.30. The molecule has 0 radical (unpaired) electrons. The van der Waals surface area contributed by atoms with Crippen molar-refractivity contribution in [3.63, 3.8) is 0 Å². The second kappa shape index (κ2) is 7.14. The monoisotopic (exact) mass is 395 g/mol. The first-order chi connectivity index (χ1) is 12.3. The standard InChI is InChI=1S/C16H17N3O5S2/c1-11-17-10-14(25-11)15(20)18-6-8-19(9-7-18)26(23,24)13-4-2-12(3-5-13)16(21)22/h2-5,10H,6-9H2,1H3,(H,21,22). The summed E-state index contributed by atoms with van der Waals surface area (Å²) in [5.41, 5.74) is 0.0271. The molecule has 0 aliphatic carbocycles. The second-order valence-corrected chi connectivity index (χ2v) is 8.94. The largest absolute Gasteiger partial charge is 0.478 e. The Kier molecular flexibility index (Phi) is 5.08. The van der Waals surface area contributed by atoms with Crippen LogP contribution in [0.3, 0.4) is 0 Å². The van der Waals surface area contributed by atoms with Crippen LogP contribution in [0.15, 0.2) is 35.4 Å². The highest BCUT2D eigenvalue weighted by atomic mass is 32.2. The van der Waals surface area contributed by atoms with Gasteiger partial charge in [-0.3, -0.25) is 4.79 Å². The van der Waals surface area contributed by atoms with Crippen LogP contribution in [-0.2, 0) is 10.0 Å². The third-order valence-corrected chi connectivity index (χ3v) is 6.91. The second-order valence-electron chi connectivity index (χ2n) is 5.77. The summed E-state index contributed by atoms with van der Waals surface area (Å²) in [6.45, 7) is 2.78. The molecular formula is C16H17N3O5S2. The fraction of sp³-hybridized carbons (Fsp3) is 0.312. The van der Waals surface area contributed by atoms with E-state index in [9.17, 15) is 18.0 Å². The number of nitrogens with zero attached hydrogens (tertiary/aromatic N) is 3. The Bertz CT molecular complexity index is 929. The van der Waals surface area contributed by atoms with Crippen LogP contribution in [0.1, 0.15) is 25.0 Å². The van der Waals surface area contributed by atoms with Crippen molar-refractivity contribution in [2.75, 3.05) is 26.2 Å². The van der Waals surface area contributed by atoms with Gasteiger partial charge >= 0.3 is 5.97 Å². The number of piperazine rings is 1. The quantitative estimate of drug-likeness (QED) is 0.836. The number of amides is 1. The van der Waals surface area contributed by atoms with Crippen LogP contribution in [-0.4, -0.2) is 65.8 Å². The van der Waals surface area contributed by atoms with E-state index in [2.05, 4.69) is 4.98 Å². The smallest absolute Gasteiger partial charge is 0.335 e. The van der Waals surface area contributed by atoms with E-state index in [0.717, 1.165) is 5.01 Å². The topological polar surface area (TPSA) is 108 Å². The maximum absolute atomic E-state index is 12.7. The first kappa shape index (κ1) is 18.5. The summed E-state index contributed by atoms with van der Waals surface area (Å²) in [4.78, 5) is 29.6. The van der Waals surface area contributed by atoms with E-state index in [4.69, 9.17) is 5.11 Å². The number of carboxylic acid groups (broad SMARTS) is 1. The molecule has 1 fully saturated rings. The Morgan fingerprint density at radius 3 is 2.23 bits per heavy atom. The lowest BCUT2D eigenvalue weighted by Gasteiger charge is -2.33. The Labute approximate surface area is 154 Å². The third kappa shape index (κ3) is 3.62. The molecule has 0 atom stereocenters. The highest BCUT2D eigenvalue weighted by molar-refractivity contribution is 7.89. The summed E-state index contributed by atoms with van der Waals surface area (Å²) >= 11 is 1.31. The Morgan fingerprint density at radius 2 is 1.73 bits per heavy atom. The lowest BCUT2D eigenvalue weighted by Crippen LogP contribution is -2.50. The molecule has 1 N–H and O–H groups in total. The Morgan fingerprint density at radius 1 is 1.12 bits per heavy atom. The van der Waals surface area contributed by atoms with Crippen LogP contribution in [0.25, 0.3) is 0 Å². The van der Waals surface area contributed by atoms with E-state index in [1.54, 1.807) is 4.90 Å². The molecule has 0 bridgehead atoms. The van der Waals surface area contributed by atoms with Crippen molar-refractivity contribution in [1.29, 1.82) is 0 Å². The van der Waals surface area contributed by atoms with Crippen LogP contribution in [0.5, 0.6) is 0 Å². The summed E-state index contributed by atoms with van der Waals surface area (Å²) in [5.74, 6) is -1.25. The average Bonchev–Trinajstić information content (AvgIpc) is 3.07. The molecule has 10 heteroatoms. The number of aryl methyl sites for hydroxylation is 1. The molecule has 138 valence electrons. The molecule has 0 unspecified atom stereocenters. The molecule has 8 nitrogen and oxygen atoms in total. The Balaban J connectivity index is 1.68. The highest BCUT2D eigenvalue weighted by Gasteiger charge is 2.31. The first-order valence-corrected chi connectivity index (χ1v) is 10.1. The summed E-state index contributed by atoms with van der Waals surface area (Å²) < 4.78 is 26.7. The van der Waals surface area contributed by atoms with Crippen molar-refractivity contribution in [2.24, 2.45) is 0 Å². The SMILES string of the molecule is Cc1ncc(C(=O)N2CCN(S(=O)(=O)c3ccc(C(=O)O)cc3)CC2)s1. The van der Waals surface area contributed by atoms with Crippen molar-refractivity contribution < 1.29 is 23.1 Å². The van der Waals surface area contributed by atoms with Crippen LogP contribution < -0.4 is 0 Å². The third-order valence-electron chi connectivity index (χ3n) is 4.10. The van der Waals surface area contributed by atoms with Gasteiger partial charge in [0.05, 0.1) is 21.7 Å². The molecular weight excluding hydrogens is 378 g/mol. The number of carbonyl (C=O) groups is 2. The number of sulfonamides is 1. The molecule has 1 aromatic heterocycles. The van der Waals surface area contributed by atoms with Gasteiger partial charge in [-0.05, 0) is 31.2 Å². The summed E-state index contributed by atoms with van der Waals surface area (Å²) in [6.07, 6.45) is 1.54. The summed E-state index contributed by atoms with van der Waals surface area (Å²) in [7, 11) is -3.72. The van der Waals surface area contributed by atoms with Crippen molar-refractivity contribution in [3.8, 4) is 0 Å². The molecule has 1 saturated heterocycles. The molecule has 1 aliphatic rings. The normalized spacial score (nSPS) is 15.8. The minimum absolute atomic E-state index is 0.0271. The predicted molar refractivity (Wildman–Crippen MR) is 94.9 cm³/mol. The molecule has 1 aliphatic heterocycles. The van der Waals surface area contributed by atoms with E-state index in [-0.39, 0.29) is 29.5 Å².